The first-order chi connectivity index (χ1) is 5.58. The predicted molar refractivity (Wildman–Crippen MR) is 40.7 cm³/mol. The SMILES string of the molecule is CC1(C)OC[C@H]2OCC(O)C2O1. The minimum absolute atomic E-state index is 0.0898. The third-order valence-corrected chi connectivity index (χ3v) is 2.24. The van der Waals surface area contributed by atoms with Crippen LogP contribution < -0.4 is 0 Å². The number of aliphatic hydroxyl groups is 1. The Morgan fingerprint density at radius 1 is 1.33 bits per heavy atom. The van der Waals surface area contributed by atoms with Crippen molar-refractivity contribution in [3.8, 4) is 0 Å². The summed E-state index contributed by atoms with van der Waals surface area (Å²) in [6, 6.07) is 0. The van der Waals surface area contributed by atoms with Crippen molar-refractivity contribution in [2.24, 2.45) is 0 Å². The second-order valence-electron chi connectivity index (χ2n) is 3.73. The van der Waals surface area contributed by atoms with Crippen LogP contribution in [0.15, 0.2) is 0 Å². The Balaban J connectivity index is 2.07. The van der Waals surface area contributed by atoms with Crippen molar-refractivity contribution in [3.63, 3.8) is 0 Å². The lowest BCUT2D eigenvalue weighted by Gasteiger charge is -2.37. The van der Waals surface area contributed by atoms with Crippen molar-refractivity contribution in [3.05, 3.63) is 0 Å². The molecular weight excluding hydrogens is 160 g/mol. The maximum atomic E-state index is 9.45. The smallest absolute Gasteiger partial charge is 0.163 e. The number of fused-ring (bicyclic) bond motifs is 1. The highest BCUT2D eigenvalue weighted by Crippen LogP contribution is 2.29. The van der Waals surface area contributed by atoms with Crippen LogP contribution in [-0.2, 0) is 14.2 Å². The van der Waals surface area contributed by atoms with Gasteiger partial charge in [-0.15, -0.1) is 0 Å². The zero-order valence-electron chi connectivity index (χ0n) is 7.32. The molecule has 2 aliphatic heterocycles. The molecule has 0 radical (unpaired) electrons. The monoisotopic (exact) mass is 174 g/mol. The standard InChI is InChI=1S/C8H14O4/c1-8(2)11-4-6-7(12-8)5(9)3-10-6/h5-7,9H,3-4H2,1-2H3/t5?,6-,7?/m1/s1. The summed E-state index contributed by atoms with van der Waals surface area (Å²) in [5, 5.41) is 9.45. The van der Waals surface area contributed by atoms with Crippen LogP contribution in [0.5, 0.6) is 0 Å². The van der Waals surface area contributed by atoms with E-state index in [9.17, 15) is 5.11 Å². The minimum Gasteiger partial charge on any atom is -0.388 e. The van der Waals surface area contributed by atoms with Crippen molar-refractivity contribution < 1.29 is 19.3 Å². The quantitative estimate of drug-likeness (QED) is 0.557. The fourth-order valence-electron chi connectivity index (χ4n) is 1.60. The highest BCUT2D eigenvalue weighted by molar-refractivity contribution is 4.88. The van der Waals surface area contributed by atoms with Crippen LogP contribution in [0.1, 0.15) is 13.8 Å². The summed E-state index contributed by atoms with van der Waals surface area (Å²) >= 11 is 0. The van der Waals surface area contributed by atoms with Crippen LogP contribution in [0.2, 0.25) is 0 Å². The molecule has 0 aromatic rings. The lowest BCUT2D eigenvalue weighted by molar-refractivity contribution is -0.299. The van der Waals surface area contributed by atoms with Gasteiger partial charge in [0, 0.05) is 0 Å². The Labute approximate surface area is 71.4 Å². The Bertz CT molecular complexity index is 180. The summed E-state index contributed by atoms with van der Waals surface area (Å²) in [4.78, 5) is 0. The fraction of sp³-hybridized carbons (Fsp3) is 1.00. The summed E-state index contributed by atoms with van der Waals surface area (Å²) in [5.41, 5.74) is 0. The Morgan fingerprint density at radius 3 is 2.83 bits per heavy atom. The van der Waals surface area contributed by atoms with E-state index in [0.29, 0.717) is 13.2 Å². The molecular formula is C8H14O4. The van der Waals surface area contributed by atoms with E-state index in [-0.39, 0.29) is 12.2 Å². The molecule has 4 nitrogen and oxygen atoms in total. The van der Waals surface area contributed by atoms with Crippen LogP contribution in [0.4, 0.5) is 0 Å². The van der Waals surface area contributed by atoms with Crippen LogP contribution in [0.25, 0.3) is 0 Å². The summed E-state index contributed by atoms with van der Waals surface area (Å²) in [5.74, 6) is -0.587. The molecule has 2 aliphatic rings. The third kappa shape index (κ3) is 1.35. The van der Waals surface area contributed by atoms with Gasteiger partial charge in [0.15, 0.2) is 5.79 Å². The highest BCUT2D eigenvalue weighted by atomic mass is 16.7. The van der Waals surface area contributed by atoms with Gasteiger partial charge < -0.3 is 19.3 Å². The van der Waals surface area contributed by atoms with Gasteiger partial charge >= 0.3 is 0 Å². The molecule has 0 amide bonds. The van der Waals surface area contributed by atoms with Crippen LogP contribution >= 0.6 is 0 Å². The molecule has 2 fully saturated rings. The number of rotatable bonds is 0. The number of ether oxygens (including phenoxy) is 3. The molecule has 2 unspecified atom stereocenters. The Kier molecular flexibility index (Phi) is 1.88. The largest absolute Gasteiger partial charge is 0.388 e. The molecule has 0 aromatic carbocycles. The molecule has 0 spiro atoms. The van der Waals surface area contributed by atoms with Crippen molar-refractivity contribution in [1.29, 1.82) is 0 Å². The van der Waals surface area contributed by atoms with E-state index in [0.717, 1.165) is 0 Å². The van der Waals surface area contributed by atoms with E-state index in [1.807, 2.05) is 13.8 Å². The Hall–Kier alpha value is -0.160. The molecule has 0 bridgehead atoms. The van der Waals surface area contributed by atoms with E-state index in [1.165, 1.54) is 0 Å². The van der Waals surface area contributed by atoms with Gasteiger partial charge in [-0.2, -0.15) is 0 Å². The molecule has 1 N–H and O–H groups in total. The van der Waals surface area contributed by atoms with Gasteiger partial charge in [0.25, 0.3) is 0 Å². The number of hydrogen-bond acceptors (Lipinski definition) is 4. The highest BCUT2D eigenvalue weighted by Gasteiger charge is 2.45. The van der Waals surface area contributed by atoms with Gasteiger partial charge in [-0.25, -0.2) is 0 Å². The second-order valence-corrected chi connectivity index (χ2v) is 3.73. The van der Waals surface area contributed by atoms with Gasteiger partial charge in [-0.3, -0.25) is 0 Å². The van der Waals surface area contributed by atoms with Crippen molar-refractivity contribution in [2.75, 3.05) is 13.2 Å². The molecule has 3 atom stereocenters. The third-order valence-electron chi connectivity index (χ3n) is 2.24. The average molecular weight is 174 g/mol. The van der Waals surface area contributed by atoms with Crippen LogP contribution in [-0.4, -0.2) is 42.4 Å². The molecule has 4 heteroatoms. The molecule has 0 saturated carbocycles. The van der Waals surface area contributed by atoms with E-state index in [4.69, 9.17) is 14.2 Å². The van der Waals surface area contributed by atoms with Crippen molar-refractivity contribution in [1.82, 2.24) is 0 Å². The maximum Gasteiger partial charge on any atom is 0.163 e. The number of aliphatic hydroxyl groups excluding tert-OH is 1. The van der Waals surface area contributed by atoms with Gasteiger partial charge in [-0.1, -0.05) is 0 Å². The van der Waals surface area contributed by atoms with Crippen molar-refractivity contribution in [2.45, 2.75) is 37.9 Å². The van der Waals surface area contributed by atoms with Gasteiger partial charge in [0.1, 0.15) is 18.3 Å². The zero-order valence-corrected chi connectivity index (χ0v) is 7.32. The molecule has 70 valence electrons. The van der Waals surface area contributed by atoms with E-state index in [2.05, 4.69) is 0 Å². The normalized spacial score (nSPS) is 45.8. The predicted octanol–water partition coefficient (Wildman–Crippen LogP) is -0.102. The average Bonchev–Trinajstić information content (AvgIpc) is 2.31. The fourth-order valence-corrected chi connectivity index (χ4v) is 1.60. The summed E-state index contributed by atoms with van der Waals surface area (Å²) in [7, 11) is 0. The first-order valence-electron chi connectivity index (χ1n) is 4.20. The zero-order chi connectivity index (χ0) is 8.77. The van der Waals surface area contributed by atoms with E-state index in [1.54, 1.807) is 0 Å². The minimum atomic E-state index is -0.587. The van der Waals surface area contributed by atoms with E-state index >= 15 is 0 Å². The van der Waals surface area contributed by atoms with Crippen LogP contribution in [0, 0.1) is 0 Å². The first-order valence-corrected chi connectivity index (χ1v) is 4.20. The van der Waals surface area contributed by atoms with Crippen molar-refractivity contribution >= 4 is 0 Å². The topological polar surface area (TPSA) is 47.9 Å². The summed E-state index contributed by atoms with van der Waals surface area (Å²) in [6.07, 6.45) is -0.806. The first kappa shape index (κ1) is 8.44. The van der Waals surface area contributed by atoms with E-state index < -0.39 is 11.9 Å². The van der Waals surface area contributed by atoms with Gasteiger partial charge in [-0.05, 0) is 13.8 Å². The summed E-state index contributed by atoms with van der Waals surface area (Å²) < 4.78 is 16.1. The van der Waals surface area contributed by atoms with Gasteiger partial charge in [0.2, 0.25) is 0 Å². The molecule has 2 rings (SSSR count). The number of hydrogen-bond donors (Lipinski definition) is 1. The molecule has 2 saturated heterocycles. The summed E-state index contributed by atoms with van der Waals surface area (Å²) in [6.45, 7) is 4.55. The lowest BCUT2D eigenvalue weighted by Crippen LogP contribution is -2.49. The lowest BCUT2D eigenvalue weighted by atomic mass is 10.1. The van der Waals surface area contributed by atoms with Gasteiger partial charge in [0.05, 0.1) is 13.2 Å². The Morgan fingerprint density at radius 2 is 2.08 bits per heavy atom. The van der Waals surface area contributed by atoms with Crippen LogP contribution in [0.3, 0.4) is 0 Å². The molecule has 12 heavy (non-hydrogen) atoms. The molecule has 0 aliphatic carbocycles. The maximum absolute atomic E-state index is 9.45. The second kappa shape index (κ2) is 2.67. The molecule has 0 aromatic heterocycles. The molecule has 2 heterocycles.